The van der Waals surface area contributed by atoms with Crippen LogP contribution >= 0.6 is 23.2 Å². The van der Waals surface area contributed by atoms with E-state index in [1.807, 2.05) is 42.5 Å². The van der Waals surface area contributed by atoms with Gasteiger partial charge in [0.05, 0.1) is 41.8 Å². The summed E-state index contributed by atoms with van der Waals surface area (Å²) in [5, 5.41) is 13.6. The van der Waals surface area contributed by atoms with Gasteiger partial charge in [-0.1, -0.05) is 53.5 Å². The lowest BCUT2D eigenvalue weighted by Crippen LogP contribution is -2.35. The van der Waals surface area contributed by atoms with E-state index in [4.69, 9.17) is 37.7 Å². The minimum Gasteiger partial charge on any atom is -0.496 e. The number of rotatable bonds is 13. The van der Waals surface area contributed by atoms with Crippen molar-refractivity contribution in [2.45, 2.75) is 50.9 Å². The largest absolute Gasteiger partial charge is 0.496 e. The number of hydrogen-bond donors (Lipinski definition) is 4. The van der Waals surface area contributed by atoms with Gasteiger partial charge in [-0.3, -0.25) is 19.6 Å². The molecule has 2 saturated heterocycles. The standard InChI is InChI=1S/C35H37Cl2N7O4/c1-47-29-14-20(6-7-21(29)15-38-16-22-8-10-30(45)42-22)34-33(37)25(12-13-40-34)24-4-3-5-26(32(24)36)27-19-41-28(35(44-27)48-2)18-39-17-23-9-11-31(46)43-23/h3-7,12-14,19,22-23,38-39H,8-11,15-18H2,1-2H3,(H,42,45)(H,43,46)/t22-,23+/m0/s1. The molecule has 0 saturated carbocycles. The number of nitrogens with zero attached hydrogens (tertiary/aromatic N) is 3. The van der Waals surface area contributed by atoms with Gasteiger partial charge in [-0.25, -0.2) is 4.98 Å². The van der Waals surface area contributed by atoms with Gasteiger partial charge in [-0.15, -0.1) is 0 Å². The summed E-state index contributed by atoms with van der Waals surface area (Å²) in [6, 6.07) is 13.7. The van der Waals surface area contributed by atoms with E-state index in [1.54, 1.807) is 26.6 Å². The molecule has 2 atom stereocenters. The lowest BCUT2D eigenvalue weighted by atomic mass is 9.99. The summed E-state index contributed by atoms with van der Waals surface area (Å²) in [6.07, 6.45) is 6.16. The van der Waals surface area contributed by atoms with Crippen LogP contribution < -0.4 is 30.7 Å². The van der Waals surface area contributed by atoms with E-state index in [9.17, 15) is 9.59 Å². The van der Waals surface area contributed by atoms with Crippen LogP contribution in [0.2, 0.25) is 10.0 Å². The number of pyridine rings is 1. The predicted molar refractivity (Wildman–Crippen MR) is 185 cm³/mol. The second-order valence-corrected chi connectivity index (χ2v) is 12.6. The number of benzene rings is 2. The van der Waals surface area contributed by atoms with Crippen LogP contribution in [0, 0.1) is 0 Å². The predicted octanol–water partition coefficient (Wildman–Crippen LogP) is 4.93. The monoisotopic (exact) mass is 689 g/mol. The lowest BCUT2D eigenvalue weighted by molar-refractivity contribution is -0.120. The van der Waals surface area contributed by atoms with Gasteiger partial charge >= 0.3 is 0 Å². The Balaban J connectivity index is 1.20. The molecule has 0 bridgehead atoms. The Kier molecular flexibility index (Phi) is 10.7. The van der Waals surface area contributed by atoms with Crippen molar-refractivity contribution in [2.24, 2.45) is 0 Å². The van der Waals surface area contributed by atoms with Crippen molar-refractivity contribution in [1.82, 2.24) is 36.2 Å². The molecule has 2 aliphatic rings. The number of halogens is 2. The van der Waals surface area contributed by atoms with Gasteiger partial charge in [0, 0.05) is 85.1 Å². The Morgan fingerprint density at radius 3 is 2.19 bits per heavy atom. The Labute approximate surface area is 289 Å². The highest BCUT2D eigenvalue weighted by atomic mass is 35.5. The minimum atomic E-state index is 0.0823. The van der Waals surface area contributed by atoms with E-state index in [-0.39, 0.29) is 23.9 Å². The highest BCUT2D eigenvalue weighted by molar-refractivity contribution is 6.39. The van der Waals surface area contributed by atoms with E-state index in [1.165, 1.54) is 0 Å². The fourth-order valence-electron chi connectivity index (χ4n) is 6.05. The fraction of sp³-hybridized carbons (Fsp3) is 0.343. The zero-order valence-electron chi connectivity index (χ0n) is 26.7. The van der Waals surface area contributed by atoms with Crippen LogP contribution in [-0.2, 0) is 22.7 Å². The molecule has 2 amide bonds. The zero-order chi connectivity index (χ0) is 33.6. The summed E-state index contributed by atoms with van der Waals surface area (Å²) in [5.41, 5.74) is 5.70. The number of hydrogen-bond acceptors (Lipinski definition) is 9. The summed E-state index contributed by atoms with van der Waals surface area (Å²) >= 11 is 14.1. The van der Waals surface area contributed by atoms with Crippen molar-refractivity contribution in [3.05, 3.63) is 76.2 Å². The molecule has 2 aliphatic heterocycles. The normalized spacial score (nSPS) is 17.3. The molecular formula is C35H37Cl2N7O4. The topological polar surface area (TPSA) is 139 Å². The minimum absolute atomic E-state index is 0.0823. The molecule has 0 radical (unpaired) electrons. The number of amides is 2. The van der Waals surface area contributed by atoms with Crippen molar-refractivity contribution >= 4 is 35.0 Å². The van der Waals surface area contributed by atoms with E-state index in [0.717, 1.165) is 35.1 Å². The fourth-order valence-corrected chi connectivity index (χ4v) is 6.69. The summed E-state index contributed by atoms with van der Waals surface area (Å²) in [4.78, 5) is 36.9. The van der Waals surface area contributed by atoms with E-state index in [2.05, 4.69) is 31.2 Å². The number of carbonyl (C=O) groups excluding carboxylic acids is 2. The summed E-state index contributed by atoms with van der Waals surface area (Å²) in [6.45, 7) is 2.35. The van der Waals surface area contributed by atoms with Gasteiger partial charge in [0.2, 0.25) is 17.7 Å². The molecule has 48 heavy (non-hydrogen) atoms. The first-order valence-electron chi connectivity index (χ1n) is 15.9. The maximum absolute atomic E-state index is 11.5. The number of aromatic nitrogens is 3. The highest BCUT2D eigenvalue weighted by Gasteiger charge is 2.22. The first-order valence-corrected chi connectivity index (χ1v) is 16.6. The van der Waals surface area contributed by atoms with Gasteiger partial charge in [-0.05, 0) is 25.0 Å². The van der Waals surface area contributed by atoms with Gasteiger partial charge in [0.1, 0.15) is 11.4 Å². The third kappa shape index (κ3) is 7.55. The average molecular weight is 691 g/mol. The van der Waals surface area contributed by atoms with Gasteiger partial charge in [-0.2, -0.15) is 0 Å². The van der Waals surface area contributed by atoms with Crippen LogP contribution in [0.5, 0.6) is 11.6 Å². The third-order valence-electron chi connectivity index (χ3n) is 8.58. The molecule has 2 aromatic carbocycles. The van der Waals surface area contributed by atoms with Crippen molar-refractivity contribution in [3.8, 4) is 45.3 Å². The SMILES string of the molecule is COc1cc(-c2nccc(-c3cccc(-c4cnc(CNC[C@H]5CCC(=O)N5)c(OC)n4)c3Cl)c2Cl)ccc1CNC[C@@H]1CCC(=O)N1. The van der Waals surface area contributed by atoms with Crippen LogP contribution in [-0.4, -0.2) is 66.2 Å². The van der Waals surface area contributed by atoms with E-state index < -0.39 is 0 Å². The highest BCUT2D eigenvalue weighted by Crippen LogP contribution is 2.42. The van der Waals surface area contributed by atoms with Crippen molar-refractivity contribution in [1.29, 1.82) is 0 Å². The molecule has 11 nitrogen and oxygen atoms in total. The van der Waals surface area contributed by atoms with E-state index in [0.29, 0.717) is 83.3 Å². The van der Waals surface area contributed by atoms with Gasteiger partial charge in [0.15, 0.2) is 0 Å². The van der Waals surface area contributed by atoms with Crippen LogP contribution in [0.15, 0.2) is 54.9 Å². The van der Waals surface area contributed by atoms with E-state index >= 15 is 0 Å². The number of nitrogens with one attached hydrogen (secondary N) is 4. The second kappa shape index (κ2) is 15.3. The molecular weight excluding hydrogens is 653 g/mol. The Hall–Kier alpha value is -4.29. The number of carbonyl (C=O) groups is 2. The summed E-state index contributed by atoms with van der Waals surface area (Å²) in [7, 11) is 3.19. The van der Waals surface area contributed by atoms with Crippen molar-refractivity contribution in [2.75, 3.05) is 27.3 Å². The number of ether oxygens (including phenoxy) is 2. The first-order chi connectivity index (χ1) is 23.3. The summed E-state index contributed by atoms with van der Waals surface area (Å²) in [5.74, 6) is 1.28. The molecule has 250 valence electrons. The maximum Gasteiger partial charge on any atom is 0.237 e. The molecule has 0 unspecified atom stereocenters. The Morgan fingerprint density at radius 1 is 0.833 bits per heavy atom. The smallest absolute Gasteiger partial charge is 0.237 e. The van der Waals surface area contributed by atoms with Crippen LogP contribution in [0.1, 0.15) is 36.9 Å². The molecule has 0 spiro atoms. The molecule has 0 aliphatic carbocycles. The zero-order valence-corrected chi connectivity index (χ0v) is 28.3. The first kappa shape index (κ1) is 33.6. The van der Waals surface area contributed by atoms with Crippen LogP contribution in [0.3, 0.4) is 0 Å². The van der Waals surface area contributed by atoms with Crippen molar-refractivity contribution < 1.29 is 19.1 Å². The van der Waals surface area contributed by atoms with Crippen molar-refractivity contribution in [3.63, 3.8) is 0 Å². The molecule has 6 rings (SSSR count). The van der Waals surface area contributed by atoms with Gasteiger partial charge < -0.3 is 30.7 Å². The molecule has 2 aromatic heterocycles. The van der Waals surface area contributed by atoms with Crippen LogP contribution in [0.4, 0.5) is 0 Å². The number of methoxy groups -OCH3 is 2. The van der Waals surface area contributed by atoms with Gasteiger partial charge in [0.25, 0.3) is 0 Å². The summed E-state index contributed by atoms with van der Waals surface area (Å²) < 4.78 is 11.3. The molecule has 4 aromatic rings. The third-order valence-corrected chi connectivity index (χ3v) is 9.37. The lowest BCUT2D eigenvalue weighted by Gasteiger charge is -2.16. The Bertz CT molecular complexity index is 1690. The molecule has 13 heteroatoms. The molecule has 2 fully saturated rings. The average Bonchev–Trinajstić information content (AvgIpc) is 3.72. The van der Waals surface area contributed by atoms with Crippen LogP contribution in [0.25, 0.3) is 33.6 Å². The Morgan fingerprint density at radius 2 is 1.52 bits per heavy atom. The second-order valence-electron chi connectivity index (χ2n) is 11.8. The molecule has 4 heterocycles. The quantitative estimate of drug-likeness (QED) is 0.154. The molecule has 4 N–H and O–H groups in total. The maximum atomic E-state index is 11.5.